The van der Waals surface area contributed by atoms with Crippen LogP contribution in [0.2, 0.25) is 0 Å². The fourth-order valence-corrected chi connectivity index (χ4v) is 2.27. The number of carboxylic acids is 1. The molecule has 5 nitrogen and oxygen atoms in total. The Kier molecular flexibility index (Phi) is 3.23. The summed E-state index contributed by atoms with van der Waals surface area (Å²) in [6, 6.07) is 11.3. The van der Waals surface area contributed by atoms with Gasteiger partial charge in [0, 0.05) is 18.0 Å². The first kappa shape index (κ1) is 13.1. The second-order valence-corrected chi connectivity index (χ2v) is 4.65. The Balaban J connectivity index is 2.28. The predicted octanol–water partition coefficient (Wildman–Crippen LogP) is 2.94. The third kappa shape index (κ3) is 2.29. The molecule has 0 amide bonds. The molecule has 104 valence electrons. The molecule has 1 N–H and O–H groups in total. The molecule has 3 rings (SSSR count). The van der Waals surface area contributed by atoms with Gasteiger partial charge in [-0.3, -0.25) is 4.98 Å². The molecule has 5 heteroatoms. The maximum Gasteiger partial charge on any atom is 0.339 e. The van der Waals surface area contributed by atoms with Crippen molar-refractivity contribution in [2.75, 3.05) is 0 Å². The first-order chi connectivity index (χ1) is 10.2. The molecule has 0 aliphatic rings. The maximum atomic E-state index is 11.5. The highest BCUT2D eigenvalue weighted by Crippen LogP contribution is 2.27. The number of aromatic carboxylic acids is 1. The number of carboxylic acid groups (broad SMARTS) is 1. The Morgan fingerprint density at radius 3 is 2.62 bits per heavy atom. The minimum Gasteiger partial charge on any atom is -0.478 e. The lowest BCUT2D eigenvalue weighted by atomic mass is 10.1. The number of benzene rings is 1. The fraction of sp³-hybridized carbons (Fsp3) is 0.0625. The van der Waals surface area contributed by atoms with Gasteiger partial charge >= 0.3 is 5.97 Å². The fourth-order valence-electron chi connectivity index (χ4n) is 2.27. The van der Waals surface area contributed by atoms with Crippen molar-refractivity contribution in [3.63, 3.8) is 0 Å². The Hall–Kier alpha value is -2.95. The summed E-state index contributed by atoms with van der Waals surface area (Å²) < 4.78 is 1.65. The van der Waals surface area contributed by atoms with E-state index in [4.69, 9.17) is 0 Å². The van der Waals surface area contributed by atoms with Gasteiger partial charge in [0.25, 0.3) is 0 Å². The van der Waals surface area contributed by atoms with E-state index in [-0.39, 0.29) is 5.56 Å². The number of aryl methyl sites for hydroxylation is 1. The van der Waals surface area contributed by atoms with E-state index in [2.05, 4.69) is 10.1 Å². The molecule has 0 atom stereocenters. The van der Waals surface area contributed by atoms with Crippen molar-refractivity contribution in [1.29, 1.82) is 0 Å². The molecule has 1 aromatic carbocycles. The van der Waals surface area contributed by atoms with Crippen molar-refractivity contribution in [3.05, 3.63) is 66.1 Å². The van der Waals surface area contributed by atoms with Crippen LogP contribution in [0, 0.1) is 6.92 Å². The van der Waals surface area contributed by atoms with Gasteiger partial charge < -0.3 is 5.11 Å². The zero-order valence-corrected chi connectivity index (χ0v) is 11.4. The van der Waals surface area contributed by atoms with Crippen LogP contribution in [0.5, 0.6) is 0 Å². The van der Waals surface area contributed by atoms with Gasteiger partial charge in [0.15, 0.2) is 0 Å². The largest absolute Gasteiger partial charge is 0.478 e. The quantitative estimate of drug-likeness (QED) is 0.800. The number of pyridine rings is 1. The zero-order chi connectivity index (χ0) is 14.8. The third-order valence-electron chi connectivity index (χ3n) is 3.28. The zero-order valence-electron chi connectivity index (χ0n) is 11.4. The molecular weight excluding hydrogens is 266 g/mol. The number of nitrogens with zero attached hydrogens (tertiary/aromatic N) is 3. The van der Waals surface area contributed by atoms with Gasteiger partial charge in [-0.15, -0.1) is 0 Å². The minimum absolute atomic E-state index is 0.159. The van der Waals surface area contributed by atoms with Crippen LogP contribution in [0.4, 0.5) is 0 Å². The summed E-state index contributed by atoms with van der Waals surface area (Å²) in [7, 11) is 0. The Morgan fingerprint density at radius 2 is 1.95 bits per heavy atom. The Labute approximate surface area is 121 Å². The first-order valence-corrected chi connectivity index (χ1v) is 6.46. The lowest BCUT2D eigenvalue weighted by Gasteiger charge is -2.10. The monoisotopic (exact) mass is 279 g/mol. The molecule has 0 saturated carbocycles. The van der Waals surface area contributed by atoms with Crippen LogP contribution in [-0.2, 0) is 0 Å². The van der Waals surface area contributed by atoms with Gasteiger partial charge in [-0.25, -0.2) is 9.48 Å². The molecule has 3 aromatic rings. The number of rotatable bonds is 3. The molecule has 0 fully saturated rings. The summed E-state index contributed by atoms with van der Waals surface area (Å²) in [5.74, 6) is -1.01. The second kappa shape index (κ2) is 5.20. The van der Waals surface area contributed by atoms with Crippen molar-refractivity contribution in [1.82, 2.24) is 14.8 Å². The number of para-hydroxylation sites is 1. The van der Waals surface area contributed by atoms with E-state index in [0.29, 0.717) is 5.69 Å². The average molecular weight is 279 g/mol. The summed E-state index contributed by atoms with van der Waals surface area (Å²) in [5, 5.41) is 13.6. The van der Waals surface area contributed by atoms with E-state index in [9.17, 15) is 9.90 Å². The van der Waals surface area contributed by atoms with Gasteiger partial charge in [-0.1, -0.05) is 18.2 Å². The molecule has 0 unspecified atom stereocenters. The number of hydrogen-bond acceptors (Lipinski definition) is 3. The van der Waals surface area contributed by atoms with E-state index in [1.54, 1.807) is 23.1 Å². The molecule has 0 saturated heterocycles. The predicted molar refractivity (Wildman–Crippen MR) is 78.5 cm³/mol. The van der Waals surface area contributed by atoms with Crippen LogP contribution in [0.1, 0.15) is 15.9 Å². The maximum absolute atomic E-state index is 11.5. The van der Waals surface area contributed by atoms with Crippen LogP contribution < -0.4 is 0 Å². The third-order valence-corrected chi connectivity index (χ3v) is 3.28. The molecule has 0 aliphatic heterocycles. The normalized spacial score (nSPS) is 10.5. The lowest BCUT2D eigenvalue weighted by Crippen LogP contribution is -2.04. The summed E-state index contributed by atoms with van der Waals surface area (Å²) in [6.07, 6.45) is 4.66. The van der Waals surface area contributed by atoms with Crippen molar-refractivity contribution in [2.45, 2.75) is 6.92 Å². The highest BCUT2D eigenvalue weighted by Gasteiger charge is 2.20. The van der Waals surface area contributed by atoms with Crippen LogP contribution in [0.3, 0.4) is 0 Å². The van der Waals surface area contributed by atoms with Crippen molar-refractivity contribution in [3.8, 4) is 16.9 Å². The molecule has 0 aliphatic carbocycles. The van der Waals surface area contributed by atoms with Crippen molar-refractivity contribution >= 4 is 5.97 Å². The molecule has 2 aromatic heterocycles. The number of hydrogen-bond donors (Lipinski definition) is 1. The van der Waals surface area contributed by atoms with Gasteiger partial charge in [-0.05, 0) is 30.7 Å². The summed E-state index contributed by atoms with van der Waals surface area (Å²) in [6.45, 7) is 1.96. The SMILES string of the molecule is Cc1ccccc1-n1ncc(C(=O)O)c1-c1cccnc1. The average Bonchev–Trinajstić information content (AvgIpc) is 2.93. The van der Waals surface area contributed by atoms with Gasteiger partial charge in [0.1, 0.15) is 5.56 Å². The summed E-state index contributed by atoms with van der Waals surface area (Å²) in [4.78, 5) is 15.5. The molecular formula is C16H13N3O2. The molecule has 0 spiro atoms. The number of aromatic nitrogens is 3. The van der Waals surface area contributed by atoms with E-state index in [0.717, 1.165) is 16.8 Å². The van der Waals surface area contributed by atoms with Gasteiger partial charge in [0.05, 0.1) is 17.6 Å². The first-order valence-electron chi connectivity index (χ1n) is 6.46. The van der Waals surface area contributed by atoms with Crippen LogP contribution in [0.15, 0.2) is 55.0 Å². The summed E-state index contributed by atoms with van der Waals surface area (Å²) in [5.41, 5.74) is 3.28. The molecule has 0 bridgehead atoms. The van der Waals surface area contributed by atoms with Crippen molar-refractivity contribution in [2.24, 2.45) is 0 Å². The van der Waals surface area contributed by atoms with Crippen LogP contribution in [0.25, 0.3) is 16.9 Å². The highest BCUT2D eigenvalue weighted by molar-refractivity contribution is 5.95. The number of carbonyl (C=O) groups is 1. The highest BCUT2D eigenvalue weighted by atomic mass is 16.4. The Bertz CT molecular complexity index is 794. The van der Waals surface area contributed by atoms with Crippen LogP contribution in [-0.4, -0.2) is 25.8 Å². The van der Waals surface area contributed by atoms with E-state index < -0.39 is 5.97 Å². The van der Waals surface area contributed by atoms with Crippen LogP contribution >= 0.6 is 0 Å². The Morgan fingerprint density at radius 1 is 1.14 bits per heavy atom. The topological polar surface area (TPSA) is 68.0 Å². The van der Waals surface area contributed by atoms with Gasteiger partial charge in [0.2, 0.25) is 0 Å². The van der Waals surface area contributed by atoms with Gasteiger partial charge in [-0.2, -0.15) is 5.10 Å². The van der Waals surface area contributed by atoms with E-state index in [1.807, 2.05) is 37.3 Å². The van der Waals surface area contributed by atoms with E-state index in [1.165, 1.54) is 6.20 Å². The summed E-state index contributed by atoms with van der Waals surface area (Å²) >= 11 is 0. The lowest BCUT2D eigenvalue weighted by molar-refractivity contribution is 0.0697. The second-order valence-electron chi connectivity index (χ2n) is 4.65. The van der Waals surface area contributed by atoms with Crippen molar-refractivity contribution < 1.29 is 9.90 Å². The molecule has 2 heterocycles. The molecule has 21 heavy (non-hydrogen) atoms. The smallest absolute Gasteiger partial charge is 0.339 e. The molecule has 0 radical (unpaired) electrons. The van der Waals surface area contributed by atoms with E-state index >= 15 is 0 Å². The standard InChI is InChI=1S/C16H13N3O2/c1-11-5-2-3-7-14(11)19-15(12-6-4-8-17-9-12)13(10-18-19)16(20)21/h2-10H,1H3,(H,20,21). The minimum atomic E-state index is -1.01.